The summed E-state index contributed by atoms with van der Waals surface area (Å²) in [6.07, 6.45) is 15.3. The Morgan fingerprint density at radius 3 is 2.53 bits per heavy atom. The average molecular weight is 347 g/mol. The van der Waals surface area contributed by atoms with Gasteiger partial charge in [0.05, 0.1) is 5.02 Å². The lowest BCUT2D eigenvalue weighted by Gasteiger charge is -2.10. The first-order chi connectivity index (χ1) is 9.24. The van der Waals surface area contributed by atoms with Crippen molar-refractivity contribution in [2.45, 2.75) is 69.5 Å². The Morgan fingerprint density at radius 2 is 1.84 bits per heavy atom. The zero-order valence-electron chi connectivity index (χ0n) is 11.9. The minimum absolute atomic E-state index is 0.531. The maximum Gasteiger partial charge on any atom is 0.0621 e. The largest absolute Gasteiger partial charge is 0.263 e. The molecule has 1 aromatic heterocycles. The fourth-order valence-corrected chi connectivity index (χ4v) is 3.10. The standard InChI is InChI=1S/C16H25BrClN/c1-2-3-4-5-6-7-8-9-15(17)12-14-10-11-19-13-16(14)18/h10-11,13,15H,2-9,12H2,1H3. The molecule has 1 aromatic rings. The summed E-state index contributed by atoms with van der Waals surface area (Å²) in [6, 6.07) is 2.02. The van der Waals surface area contributed by atoms with Crippen LogP contribution in [-0.4, -0.2) is 9.81 Å². The van der Waals surface area contributed by atoms with Gasteiger partial charge < -0.3 is 0 Å². The fourth-order valence-electron chi connectivity index (χ4n) is 2.23. The van der Waals surface area contributed by atoms with Gasteiger partial charge in [-0.05, 0) is 24.5 Å². The number of unbranched alkanes of at least 4 members (excludes halogenated alkanes) is 6. The molecule has 3 heteroatoms. The molecule has 1 heterocycles. The summed E-state index contributed by atoms with van der Waals surface area (Å²) >= 11 is 9.88. The van der Waals surface area contributed by atoms with Crippen molar-refractivity contribution in [1.82, 2.24) is 4.98 Å². The van der Waals surface area contributed by atoms with E-state index >= 15 is 0 Å². The summed E-state index contributed by atoms with van der Waals surface area (Å²) in [7, 11) is 0. The van der Waals surface area contributed by atoms with Crippen LogP contribution in [0.2, 0.25) is 5.02 Å². The van der Waals surface area contributed by atoms with E-state index in [2.05, 4.69) is 27.8 Å². The Balaban J connectivity index is 2.08. The monoisotopic (exact) mass is 345 g/mol. The van der Waals surface area contributed by atoms with Crippen molar-refractivity contribution in [2.24, 2.45) is 0 Å². The number of alkyl halides is 1. The van der Waals surface area contributed by atoms with Crippen LogP contribution in [0.25, 0.3) is 0 Å². The summed E-state index contributed by atoms with van der Waals surface area (Å²) in [4.78, 5) is 4.55. The summed E-state index contributed by atoms with van der Waals surface area (Å²) in [5.74, 6) is 0. The van der Waals surface area contributed by atoms with Crippen LogP contribution in [-0.2, 0) is 6.42 Å². The molecule has 0 aliphatic rings. The molecule has 0 saturated heterocycles. The van der Waals surface area contributed by atoms with Crippen molar-refractivity contribution in [3.8, 4) is 0 Å². The Kier molecular flexibility index (Phi) is 9.54. The zero-order valence-corrected chi connectivity index (χ0v) is 14.2. The first kappa shape index (κ1) is 17.0. The molecule has 1 rings (SSSR count). The normalized spacial score (nSPS) is 12.6. The third kappa shape index (κ3) is 7.94. The third-order valence-electron chi connectivity index (χ3n) is 3.42. The van der Waals surface area contributed by atoms with Crippen LogP contribution in [0.5, 0.6) is 0 Å². The predicted molar refractivity (Wildman–Crippen MR) is 88.3 cm³/mol. The molecule has 0 amide bonds. The maximum absolute atomic E-state index is 6.12. The lowest BCUT2D eigenvalue weighted by atomic mass is 10.0. The van der Waals surface area contributed by atoms with Crippen LogP contribution in [0, 0.1) is 0 Å². The van der Waals surface area contributed by atoms with Gasteiger partial charge in [0.15, 0.2) is 0 Å². The highest BCUT2D eigenvalue weighted by atomic mass is 79.9. The second-order valence-corrected chi connectivity index (χ2v) is 6.88. The molecule has 1 atom stereocenters. The van der Waals surface area contributed by atoms with Gasteiger partial charge in [-0.1, -0.05) is 79.4 Å². The molecule has 0 saturated carbocycles. The van der Waals surface area contributed by atoms with E-state index in [-0.39, 0.29) is 0 Å². The lowest BCUT2D eigenvalue weighted by Crippen LogP contribution is -2.03. The maximum atomic E-state index is 6.12. The van der Waals surface area contributed by atoms with Crippen LogP contribution < -0.4 is 0 Å². The van der Waals surface area contributed by atoms with E-state index in [0.29, 0.717) is 4.83 Å². The van der Waals surface area contributed by atoms with Crippen molar-refractivity contribution in [1.29, 1.82) is 0 Å². The molecule has 19 heavy (non-hydrogen) atoms. The number of hydrogen-bond acceptors (Lipinski definition) is 1. The number of halogens is 2. The topological polar surface area (TPSA) is 12.9 Å². The number of nitrogens with zero attached hydrogens (tertiary/aromatic N) is 1. The van der Waals surface area contributed by atoms with E-state index in [1.165, 1.54) is 56.9 Å². The summed E-state index contributed by atoms with van der Waals surface area (Å²) in [5.41, 5.74) is 1.20. The van der Waals surface area contributed by atoms with Crippen LogP contribution in [0.4, 0.5) is 0 Å². The van der Waals surface area contributed by atoms with Crippen molar-refractivity contribution >= 4 is 27.5 Å². The fraction of sp³-hybridized carbons (Fsp3) is 0.688. The molecule has 0 aliphatic heterocycles. The molecule has 0 bridgehead atoms. The smallest absolute Gasteiger partial charge is 0.0621 e. The van der Waals surface area contributed by atoms with Gasteiger partial charge in [0.25, 0.3) is 0 Å². The quantitative estimate of drug-likeness (QED) is 0.364. The van der Waals surface area contributed by atoms with Gasteiger partial charge in [-0.25, -0.2) is 0 Å². The number of aromatic nitrogens is 1. The van der Waals surface area contributed by atoms with Gasteiger partial charge in [0.1, 0.15) is 0 Å². The van der Waals surface area contributed by atoms with Crippen molar-refractivity contribution in [3.05, 3.63) is 29.0 Å². The Hall–Kier alpha value is -0.0800. The number of pyridine rings is 1. The van der Waals surface area contributed by atoms with Gasteiger partial charge >= 0.3 is 0 Å². The molecule has 1 unspecified atom stereocenters. The lowest BCUT2D eigenvalue weighted by molar-refractivity contribution is 0.570. The average Bonchev–Trinajstić information content (AvgIpc) is 2.40. The van der Waals surface area contributed by atoms with Crippen LogP contribution in [0.3, 0.4) is 0 Å². The van der Waals surface area contributed by atoms with Crippen molar-refractivity contribution in [3.63, 3.8) is 0 Å². The summed E-state index contributed by atoms with van der Waals surface area (Å²) in [5, 5.41) is 0.784. The van der Waals surface area contributed by atoms with Crippen molar-refractivity contribution in [2.75, 3.05) is 0 Å². The third-order valence-corrected chi connectivity index (χ3v) is 4.54. The van der Waals surface area contributed by atoms with E-state index in [9.17, 15) is 0 Å². The molecule has 0 spiro atoms. The van der Waals surface area contributed by atoms with E-state index in [4.69, 9.17) is 11.6 Å². The van der Waals surface area contributed by atoms with Crippen LogP contribution in [0.1, 0.15) is 63.9 Å². The zero-order chi connectivity index (χ0) is 13.9. The van der Waals surface area contributed by atoms with Gasteiger partial charge in [-0.15, -0.1) is 0 Å². The van der Waals surface area contributed by atoms with Crippen LogP contribution >= 0.6 is 27.5 Å². The van der Waals surface area contributed by atoms with Gasteiger partial charge in [-0.3, -0.25) is 4.98 Å². The van der Waals surface area contributed by atoms with Gasteiger partial charge in [-0.2, -0.15) is 0 Å². The van der Waals surface area contributed by atoms with E-state index in [0.717, 1.165) is 11.4 Å². The second-order valence-electron chi connectivity index (χ2n) is 5.18. The highest BCUT2D eigenvalue weighted by molar-refractivity contribution is 9.09. The van der Waals surface area contributed by atoms with E-state index in [1.54, 1.807) is 6.20 Å². The Morgan fingerprint density at radius 1 is 1.16 bits per heavy atom. The van der Waals surface area contributed by atoms with E-state index < -0.39 is 0 Å². The Bertz CT molecular complexity index is 343. The first-order valence-corrected chi connectivity index (χ1v) is 8.76. The van der Waals surface area contributed by atoms with E-state index in [1.807, 2.05) is 12.3 Å². The highest BCUT2D eigenvalue weighted by Gasteiger charge is 2.08. The minimum Gasteiger partial charge on any atom is -0.263 e. The Labute approximate surface area is 131 Å². The summed E-state index contributed by atoms with van der Waals surface area (Å²) < 4.78 is 0. The molecule has 0 radical (unpaired) electrons. The molecule has 0 fully saturated rings. The molecule has 0 aromatic carbocycles. The number of rotatable bonds is 10. The minimum atomic E-state index is 0.531. The highest BCUT2D eigenvalue weighted by Crippen LogP contribution is 2.21. The molecule has 0 aliphatic carbocycles. The first-order valence-electron chi connectivity index (χ1n) is 7.46. The molecule has 108 valence electrons. The molecule has 1 nitrogen and oxygen atoms in total. The van der Waals surface area contributed by atoms with Crippen molar-refractivity contribution < 1.29 is 0 Å². The van der Waals surface area contributed by atoms with Crippen LogP contribution in [0.15, 0.2) is 18.5 Å². The predicted octanol–water partition coefficient (Wildman–Crippen LogP) is 6.18. The van der Waals surface area contributed by atoms with Gasteiger partial charge in [0.2, 0.25) is 0 Å². The molecular weight excluding hydrogens is 322 g/mol. The second kappa shape index (κ2) is 10.7. The summed E-state index contributed by atoms with van der Waals surface area (Å²) in [6.45, 7) is 2.26. The number of hydrogen-bond donors (Lipinski definition) is 0. The SMILES string of the molecule is CCCCCCCCCC(Br)Cc1ccncc1Cl. The van der Waals surface area contributed by atoms with Gasteiger partial charge in [0, 0.05) is 17.2 Å². The molecule has 0 N–H and O–H groups in total. The molecular formula is C16H25BrClN.